The van der Waals surface area contributed by atoms with Crippen molar-refractivity contribution in [2.24, 2.45) is 17.8 Å². The highest BCUT2D eigenvalue weighted by Crippen LogP contribution is 2.49. The van der Waals surface area contributed by atoms with E-state index in [4.69, 9.17) is 0 Å². The largest absolute Gasteiger partial charge is 0.335 e. The summed E-state index contributed by atoms with van der Waals surface area (Å²) in [6, 6.07) is 7.00. The lowest BCUT2D eigenvalue weighted by atomic mass is 9.86. The van der Waals surface area contributed by atoms with Gasteiger partial charge in [0.05, 0.1) is 0 Å². The van der Waals surface area contributed by atoms with Gasteiger partial charge in [-0.15, -0.1) is 0 Å². The summed E-state index contributed by atoms with van der Waals surface area (Å²) in [6.45, 7) is 0.643. The molecule has 0 N–H and O–H groups in total. The highest BCUT2D eigenvalue weighted by molar-refractivity contribution is 5.77. The maximum Gasteiger partial charge on any atom is 0.223 e. The number of benzene rings is 1. The van der Waals surface area contributed by atoms with Crippen LogP contribution in [-0.4, -0.2) is 16.8 Å². The molecule has 3 aliphatic rings. The van der Waals surface area contributed by atoms with Gasteiger partial charge in [-0.3, -0.25) is 4.79 Å². The van der Waals surface area contributed by atoms with Crippen LogP contribution in [0.5, 0.6) is 0 Å². The predicted octanol–water partition coefficient (Wildman–Crippen LogP) is 4.14. The number of carbonyl (C=O) groups excluding carboxylic acids is 1. The van der Waals surface area contributed by atoms with Crippen LogP contribution < -0.4 is 0 Å². The van der Waals surface area contributed by atoms with E-state index in [1.165, 1.54) is 37.8 Å². The van der Waals surface area contributed by atoms with Gasteiger partial charge in [0.1, 0.15) is 5.82 Å². The molecule has 0 radical (unpaired) electrons. The number of carbonyl (C=O) groups is 1. The van der Waals surface area contributed by atoms with E-state index in [2.05, 4.69) is 4.90 Å². The minimum atomic E-state index is -0.213. The van der Waals surface area contributed by atoms with Crippen molar-refractivity contribution in [2.45, 2.75) is 57.5 Å². The van der Waals surface area contributed by atoms with Crippen LogP contribution in [0.15, 0.2) is 24.3 Å². The Morgan fingerprint density at radius 2 is 1.86 bits per heavy atom. The zero-order valence-corrected chi connectivity index (χ0v) is 13.0. The molecule has 0 aromatic heterocycles. The minimum absolute atomic E-state index is 0.213. The third-order valence-electron chi connectivity index (χ3n) is 5.90. The van der Waals surface area contributed by atoms with Gasteiger partial charge < -0.3 is 4.90 Å². The van der Waals surface area contributed by atoms with Crippen LogP contribution >= 0.6 is 0 Å². The van der Waals surface area contributed by atoms with Crippen LogP contribution in [0.1, 0.15) is 50.5 Å². The standard InChI is InChI=1S/C19H24FNO/c20-17-5-2-13(3-6-17)12-21(18-7-8-18)19(22)11-16-10-14-1-4-15(16)9-14/h2-3,5-6,14-16,18H,1,4,7-12H2. The first-order chi connectivity index (χ1) is 10.7. The van der Waals surface area contributed by atoms with Crippen molar-refractivity contribution >= 4 is 5.91 Å². The number of amides is 1. The second-order valence-electron chi connectivity index (χ2n) is 7.52. The summed E-state index contributed by atoms with van der Waals surface area (Å²) in [7, 11) is 0. The van der Waals surface area contributed by atoms with Gasteiger partial charge in [-0.05, 0) is 67.6 Å². The Bertz CT molecular complexity index is 551. The van der Waals surface area contributed by atoms with Crippen LogP contribution in [0.2, 0.25) is 0 Å². The Balaban J connectivity index is 1.40. The van der Waals surface area contributed by atoms with Gasteiger partial charge in [-0.2, -0.15) is 0 Å². The summed E-state index contributed by atoms with van der Waals surface area (Å²) in [5.41, 5.74) is 1.04. The lowest BCUT2D eigenvalue weighted by molar-refractivity contribution is -0.133. The first-order valence-electron chi connectivity index (χ1n) is 8.73. The van der Waals surface area contributed by atoms with Gasteiger partial charge in [0, 0.05) is 19.0 Å². The normalized spacial score (nSPS) is 29.8. The SMILES string of the molecule is O=C(CC1CC2CCC1C2)N(Cc1ccc(F)cc1)C1CC1. The Hall–Kier alpha value is -1.38. The molecular weight excluding hydrogens is 277 g/mol. The maximum atomic E-state index is 13.0. The molecule has 0 heterocycles. The average Bonchev–Trinajstić information content (AvgIpc) is 3.14. The smallest absolute Gasteiger partial charge is 0.223 e. The molecule has 3 fully saturated rings. The Morgan fingerprint density at radius 3 is 2.45 bits per heavy atom. The van der Waals surface area contributed by atoms with Crippen molar-refractivity contribution < 1.29 is 9.18 Å². The second-order valence-corrected chi connectivity index (χ2v) is 7.52. The van der Waals surface area contributed by atoms with Crippen molar-refractivity contribution in [3.8, 4) is 0 Å². The molecule has 3 heteroatoms. The van der Waals surface area contributed by atoms with Crippen LogP contribution in [0, 0.1) is 23.6 Å². The highest BCUT2D eigenvalue weighted by Gasteiger charge is 2.42. The Morgan fingerprint density at radius 1 is 1.09 bits per heavy atom. The fourth-order valence-electron chi connectivity index (χ4n) is 4.56. The minimum Gasteiger partial charge on any atom is -0.335 e. The molecule has 118 valence electrons. The van der Waals surface area contributed by atoms with Crippen molar-refractivity contribution in [1.82, 2.24) is 4.90 Å². The first-order valence-corrected chi connectivity index (χ1v) is 8.73. The van der Waals surface area contributed by atoms with Gasteiger partial charge in [0.25, 0.3) is 0 Å². The summed E-state index contributed by atoms with van der Waals surface area (Å²) >= 11 is 0. The molecule has 3 atom stereocenters. The Labute approximate surface area is 131 Å². The lowest BCUT2D eigenvalue weighted by Gasteiger charge is -2.27. The van der Waals surface area contributed by atoms with E-state index in [9.17, 15) is 9.18 Å². The van der Waals surface area contributed by atoms with Crippen molar-refractivity contribution in [3.05, 3.63) is 35.6 Å². The molecule has 0 saturated heterocycles. The summed E-state index contributed by atoms with van der Waals surface area (Å²) in [5, 5.41) is 0. The van der Waals surface area contributed by atoms with Crippen molar-refractivity contribution in [1.29, 1.82) is 0 Å². The quantitative estimate of drug-likeness (QED) is 0.800. The molecule has 1 amide bonds. The molecule has 1 aromatic carbocycles. The zero-order chi connectivity index (χ0) is 15.1. The highest BCUT2D eigenvalue weighted by atomic mass is 19.1. The van der Waals surface area contributed by atoms with E-state index in [0.717, 1.165) is 36.7 Å². The molecule has 2 nitrogen and oxygen atoms in total. The van der Waals surface area contributed by atoms with Gasteiger partial charge in [0.2, 0.25) is 5.91 Å². The van der Waals surface area contributed by atoms with E-state index in [-0.39, 0.29) is 5.82 Å². The summed E-state index contributed by atoms with van der Waals surface area (Å²) in [6.07, 6.45) is 8.35. The van der Waals surface area contributed by atoms with E-state index in [0.29, 0.717) is 24.4 Å². The number of fused-ring (bicyclic) bond motifs is 2. The second kappa shape index (κ2) is 5.68. The van der Waals surface area contributed by atoms with Crippen LogP contribution in [0.4, 0.5) is 4.39 Å². The predicted molar refractivity (Wildman–Crippen MR) is 83.5 cm³/mol. The molecule has 2 bridgehead atoms. The fourth-order valence-corrected chi connectivity index (χ4v) is 4.56. The van der Waals surface area contributed by atoms with Crippen molar-refractivity contribution in [2.75, 3.05) is 0 Å². The average molecular weight is 301 g/mol. The molecule has 3 aliphatic carbocycles. The van der Waals surface area contributed by atoms with Gasteiger partial charge in [0.15, 0.2) is 0 Å². The topological polar surface area (TPSA) is 20.3 Å². The molecule has 1 aromatic rings. The zero-order valence-electron chi connectivity index (χ0n) is 13.0. The lowest BCUT2D eigenvalue weighted by Crippen LogP contribution is -2.34. The summed E-state index contributed by atoms with van der Waals surface area (Å²) in [4.78, 5) is 14.8. The molecule has 3 unspecified atom stereocenters. The van der Waals surface area contributed by atoms with E-state index in [1.54, 1.807) is 12.1 Å². The number of hydrogen-bond acceptors (Lipinski definition) is 1. The molecule has 0 spiro atoms. The molecule has 3 saturated carbocycles. The van der Waals surface area contributed by atoms with E-state index < -0.39 is 0 Å². The van der Waals surface area contributed by atoms with Crippen molar-refractivity contribution in [3.63, 3.8) is 0 Å². The van der Waals surface area contributed by atoms with E-state index >= 15 is 0 Å². The third-order valence-corrected chi connectivity index (χ3v) is 5.90. The van der Waals surface area contributed by atoms with Crippen LogP contribution in [0.3, 0.4) is 0 Å². The van der Waals surface area contributed by atoms with E-state index in [1.807, 2.05) is 0 Å². The van der Waals surface area contributed by atoms with Gasteiger partial charge in [-0.1, -0.05) is 18.6 Å². The molecule has 22 heavy (non-hydrogen) atoms. The molecule has 0 aliphatic heterocycles. The van der Waals surface area contributed by atoms with Crippen LogP contribution in [-0.2, 0) is 11.3 Å². The monoisotopic (exact) mass is 301 g/mol. The number of nitrogens with zero attached hydrogens (tertiary/aromatic N) is 1. The fraction of sp³-hybridized carbons (Fsp3) is 0.632. The number of hydrogen-bond donors (Lipinski definition) is 0. The third kappa shape index (κ3) is 2.90. The Kier molecular flexibility index (Phi) is 3.67. The first kappa shape index (κ1) is 14.2. The van der Waals surface area contributed by atoms with Gasteiger partial charge in [-0.25, -0.2) is 4.39 Å². The summed E-state index contributed by atoms with van der Waals surface area (Å²) in [5.74, 6) is 2.44. The number of rotatable bonds is 5. The number of halogens is 1. The molecule has 4 rings (SSSR count). The molecular formula is C19H24FNO. The summed E-state index contributed by atoms with van der Waals surface area (Å²) < 4.78 is 13.0. The van der Waals surface area contributed by atoms with Crippen LogP contribution in [0.25, 0.3) is 0 Å². The maximum absolute atomic E-state index is 13.0. The van der Waals surface area contributed by atoms with Gasteiger partial charge >= 0.3 is 0 Å².